The zero-order valence-electron chi connectivity index (χ0n) is 18.1. The van der Waals surface area contributed by atoms with Gasteiger partial charge in [0.25, 0.3) is 0 Å². The van der Waals surface area contributed by atoms with Crippen molar-refractivity contribution in [2.75, 3.05) is 19.7 Å². The van der Waals surface area contributed by atoms with Gasteiger partial charge in [-0.2, -0.15) is 0 Å². The third-order valence-corrected chi connectivity index (χ3v) is 6.32. The van der Waals surface area contributed by atoms with Crippen LogP contribution >= 0.6 is 0 Å². The van der Waals surface area contributed by atoms with Crippen molar-refractivity contribution in [1.29, 1.82) is 0 Å². The van der Waals surface area contributed by atoms with Gasteiger partial charge in [0.2, 0.25) is 5.91 Å². The SMILES string of the molecule is CC(CNC(=O)OCC1c2ccccc2-c2ccccc21)CC(=O)N1CCCC1C(=O)O. The Morgan fingerprint density at radius 2 is 1.72 bits per heavy atom. The zero-order valence-corrected chi connectivity index (χ0v) is 18.1. The number of aliphatic carboxylic acids is 1. The van der Waals surface area contributed by atoms with E-state index in [0.29, 0.717) is 19.4 Å². The maximum atomic E-state index is 12.5. The minimum Gasteiger partial charge on any atom is -0.480 e. The van der Waals surface area contributed by atoms with Crippen molar-refractivity contribution in [3.8, 4) is 11.1 Å². The van der Waals surface area contributed by atoms with Crippen molar-refractivity contribution in [2.45, 2.75) is 38.1 Å². The average Bonchev–Trinajstić information content (AvgIpc) is 3.40. The van der Waals surface area contributed by atoms with Crippen molar-refractivity contribution < 1.29 is 24.2 Å². The van der Waals surface area contributed by atoms with Crippen LogP contribution in [0.4, 0.5) is 4.79 Å². The summed E-state index contributed by atoms with van der Waals surface area (Å²) in [6.07, 6.45) is 0.867. The number of likely N-dealkylation sites (tertiary alicyclic amines) is 1. The first kappa shape index (κ1) is 21.9. The first-order valence-corrected chi connectivity index (χ1v) is 11.1. The van der Waals surface area contributed by atoms with Gasteiger partial charge >= 0.3 is 12.1 Å². The molecule has 7 nitrogen and oxygen atoms in total. The molecular weight excluding hydrogens is 408 g/mol. The van der Waals surface area contributed by atoms with Crippen LogP contribution in [0.15, 0.2) is 48.5 Å². The van der Waals surface area contributed by atoms with E-state index in [1.807, 2.05) is 31.2 Å². The first-order valence-electron chi connectivity index (χ1n) is 11.1. The molecule has 1 aliphatic carbocycles. The molecule has 2 atom stereocenters. The van der Waals surface area contributed by atoms with Crippen LogP contribution in [0.3, 0.4) is 0 Å². The number of ether oxygens (including phenoxy) is 1. The van der Waals surface area contributed by atoms with Crippen LogP contribution in [0.5, 0.6) is 0 Å². The van der Waals surface area contributed by atoms with E-state index < -0.39 is 18.1 Å². The molecule has 2 amide bonds. The van der Waals surface area contributed by atoms with E-state index in [4.69, 9.17) is 4.74 Å². The fourth-order valence-corrected chi connectivity index (χ4v) is 4.72. The molecule has 0 aromatic heterocycles. The highest BCUT2D eigenvalue weighted by molar-refractivity contribution is 5.84. The molecule has 2 aromatic rings. The van der Waals surface area contributed by atoms with Crippen molar-refractivity contribution in [1.82, 2.24) is 10.2 Å². The number of nitrogens with one attached hydrogen (secondary N) is 1. The number of amides is 2. The summed E-state index contributed by atoms with van der Waals surface area (Å²) in [6.45, 7) is 2.85. The molecule has 2 aliphatic rings. The van der Waals surface area contributed by atoms with E-state index in [9.17, 15) is 19.5 Å². The summed E-state index contributed by atoms with van der Waals surface area (Å²) in [7, 11) is 0. The van der Waals surface area contributed by atoms with Gasteiger partial charge in [-0.3, -0.25) is 4.79 Å². The summed E-state index contributed by atoms with van der Waals surface area (Å²) in [5.74, 6) is -1.27. The molecule has 1 heterocycles. The van der Waals surface area contributed by atoms with Crippen LogP contribution in [0.2, 0.25) is 0 Å². The molecule has 0 radical (unpaired) electrons. The fraction of sp³-hybridized carbons (Fsp3) is 0.400. The number of carbonyl (C=O) groups excluding carboxylic acids is 2. The zero-order chi connectivity index (χ0) is 22.7. The Morgan fingerprint density at radius 1 is 1.09 bits per heavy atom. The van der Waals surface area contributed by atoms with E-state index >= 15 is 0 Å². The van der Waals surface area contributed by atoms with Gasteiger partial charge in [-0.25, -0.2) is 9.59 Å². The molecule has 4 rings (SSSR count). The monoisotopic (exact) mass is 436 g/mol. The summed E-state index contributed by atoms with van der Waals surface area (Å²) in [5, 5.41) is 12.0. The predicted octanol–water partition coefficient (Wildman–Crippen LogP) is 3.63. The van der Waals surface area contributed by atoms with Crippen LogP contribution in [-0.2, 0) is 14.3 Å². The number of carboxylic acid groups (broad SMARTS) is 1. The highest BCUT2D eigenvalue weighted by Gasteiger charge is 2.34. The van der Waals surface area contributed by atoms with E-state index in [1.165, 1.54) is 16.0 Å². The molecule has 0 saturated carbocycles. The molecule has 7 heteroatoms. The molecule has 1 saturated heterocycles. The molecule has 1 aliphatic heterocycles. The standard InChI is InChI=1S/C25H28N2O5/c1-16(13-23(28)27-12-6-11-22(27)24(29)30)14-26-25(31)32-15-21-19-9-4-2-7-17(19)18-8-3-5-10-20(18)21/h2-5,7-10,16,21-22H,6,11-15H2,1H3,(H,26,31)(H,29,30). The third kappa shape index (κ3) is 4.47. The van der Waals surface area contributed by atoms with Gasteiger partial charge in [-0.1, -0.05) is 55.5 Å². The second kappa shape index (κ2) is 9.42. The van der Waals surface area contributed by atoms with E-state index in [-0.39, 0.29) is 37.3 Å². The summed E-state index contributed by atoms with van der Waals surface area (Å²) in [4.78, 5) is 37.5. The molecule has 0 bridgehead atoms. The Bertz CT molecular complexity index is 975. The number of hydrogen-bond donors (Lipinski definition) is 2. The van der Waals surface area contributed by atoms with Gasteiger partial charge in [0, 0.05) is 25.4 Å². The molecule has 2 aromatic carbocycles. The largest absolute Gasteiger partial charge is 0.480 e. The van der Waals surface area contributed by atoms with Crippen LogP contribution in [0.25, 0.3) is 11.1 Å². The molecule has 2 N–H and O–H groups in total. The van der Waals surface area contributed by atoms with E-state index in [2.05, 4.69) is 29.6 Å². The van der Waals surface area contributed by atoms with Gasteiger partial charge in [0.05, 0.1) is 0 Å². The fourth-order valence-electron chi connectivity index (χ4n) is 4.72. The lowest BCUT2D eigenvalue weighted by Gasteiger charge is -2.23. The quantitative estimate of drug-likeness (QED) is 0.691. The van der Waals surface area contributed by atoms with E-state index in [1.54, 1.807) is 0 Å². The predicted molar refractivity (Wildman–Crippen MR) is 119 cm³/mol. The van der Waals surface area contributed by atoms with Crippen molar-refractivity contribution in [3.05, 3.63) is 59.7 Å². The van der Waals surface area contributed by atoms with Gasteiger partial charge in [-0.15, -0.1) is 0 Å². The second-order valence-electron chi connectivity index (χ2n) is 8.60. The van der Waals surface area contributed by atoms with Gasteiger partial charge < -0.3 is 20.1 Å². The second-order valence-corrected chi connectivity index (χ2v) is 8.60. The molecule has 2 unspecified atom stereocenters. The number of nitrogens with zero attached hydrogens (tertiary/aromatic N) is 1. The van der Waals surface area contributed by atoms with Gasteiger partial charge in [-0.05, 0) is 41.0 Å². The number of benzene rings is 2. The van der Waals surface area contributed by atoms with Crippen LogP contribution in [0, 0.1) is 5.92 Å². The number of hydrogen-bond acceptors (Lipinski definition) is 4. The lowest BCUT2D eigenvalue weighted by molar-refractivity contribution is -0.148. The lowest BCUT2D eigenvalue weighted by atomic mass is 9.98. The molecule has 0 spiro atoms. The minimum atomic E-state index is -0.958. The molecule has 1 fully saturated rings. The summed E-state index contributed by atoms with van der Waals surface area (Å²) in [6, 6.07) is 15.6. The number of fused-ring (bicyclic) bond motifs is 3. The molecule has 168 valence electrons. The van der Waals surface area contributed by atoms with Crippen LogP contribution in [-0.4, -0.2) is 53.7 Å². The summed E-state index contributed by atoms with van der Waals surface area (Å²) >= 11 is 0. The number of rotatable bonds is 7. The van der Waals surface area contributed by atoms with Crippen molar-refractivity contribution >= 4 is 18.0 Å². The number of alkyl carbamates (subject to hydrolysis) is 1. The summed E-state index contributed by atoms with van der Waals surface area (Å²) in [5.41, 5.74) is 4.65. The van der Waals surface area contributed by atoms with Crippen molar-refractivity contribution in [2.24, 2.45) is 5.92 Å². The smallest absolute Gasteiger partial charge is 0.407 e. The van der Waals surface area contributed by atoms with Gasteiger partial charge in [0.15, 0.2) is 0 Å². The Kier molecular flexibility index (Phi) is 6.44. The maximum absolute atomic E-state index is 12.5. The Morgan fingerprint density at radius 3 is 2.34 bits per heavy atom. The molecule has 32 heavy (non-hydrogen) atoms. The Hall–Kier alpha value is -3.35. The number of carboxylic acids is 1. The maximum Gasteiger partial charge on any atom is 0.407 e. The molecular formula is C25H28N2O5. The third-order valence-electron chi connectivity index (χ3n) is 6.32. The average molecular weight is 437 g/mol. The highest BCUT2D eigenvalue weighted by atomic mass is 16.5. The van der Waals surface area contributed by atoms with E-state index in [0.717, 1.165) is 11.1 Å². The number of carbonyl (C=O) groups is 3. The minimum absolute atomic E-state index is 0.00438. The van der Waals surface area contributed by atoms with Crippen LogP contribution in [0.1, 0.15) is 43.2 Å². The van der Waals surface area contributed by atoms with Crippen molar-refractivity contribution in [3.63, 3.8) is 0 Å². The highest BCUT2D eigenvalue weighted by Crippen LogP contribution is 2.44. The van der Waals surface area contributed by atoms with Crippen LogP contribution < -0.4 is 5.32 Å². The summed E-state index contributed by atoms with van der Waals surface area (Å²) < 4.78 is 5.52. The Balaban J connectivity index is 1.27. The lowest BCUT2D eigenvalue weighted by Crippen LogP contribution is -2.41. The van der Waals surface area contributed by atoms with Gasteiger partial charge in [0.1, 0.15) is 12.6 Å². The Labute approximate surface area is 187 Å². The first-order chi connectivity index (χ1) is 15.5. The topological polar surface area (TPSA) is 95.9 Å². The normalized spacial score (nSPS) is 18.0.